The number of unbranched alkanes of at least 4 members (excludes halogenated alkanes) is 2. The zero-order valence-corrected chi connectivity index (χ0v) is 21.6. The summed E-state index contributed by atoms with van der Waals surface area (Å²) in [6, 6.07) is 15.7. The molecule has 3 aromatic heterocycles. The molecule has 0 fully saturated rings. The minimum Gasteiger partial charge on any atom is -0.345 e. The smallest absolute Gasteiger partial charge is 0.242 e. The van der Waals surface area contributed by atoms with E-state index in [2.05, 4.69) is 43.6 Å². The van der Waals surface area contributed by atoms with E-state index in [-0.39, 0.29) is 18.5 Å². The lowest BCUT2D eigenvalue weighted by atomic mass is 10.0. The minimum absolute atomic E-state index is 0.126. The molecule has 0 radical (unpaired) electrons. The molecule has 0 bridgehead atoms. The Hall–Kier alpha value is -4.33. The van der Waals surface area contributed by atoms with Gasteiger partial charge in [-0.15, -0.1) is 0 Å². The van der Waals surface area contributed by atoms with E-state index >= 15 is 0 Å². The van der Waals surface area contributed by atoms with Crippen LogP contribution in [0.2, 0.25) is 0 Å². The summed E-state index contributed by atoms with van der Waals surface area (Å²) < 4.78 is 1.67. The topological polar surface area (TPSA) is 106 Å². The van der Waals surface area contributed by atoms with E-state index in [4.69, 9.17) is 0 Å². The Morgan fingerprint density at radius 1 is 1.00 bits per heavy atom. The summed E-state index contributed by atoms with van der Waals surface area (Å²) in [5.41, 5.74) is 2.76. The van der Waals surface area contributed by atoms with E-state index in [0.29, 0.717) is 18.6 Å². The van der Waals surface area contributed by atoms with Crippen molar-refractivity contribution in [2.45, 2.75) is 58.0 Å². The van der Waals surface area contributed by atoms with Gasteiger partial charge in [-0.3, -0.25) is 19.3 Å². The molecule has 0 spiro atoms. The molecule has 0 saturated carbocycles. The zero-order valence-electron chi connectivity index (χ0n) is 21.6. The zero-order chi connectivity index (χ0) is 26.3. The molecule has 8 heteroatoms. The molecule has 1 atom stereocenters. The third kappa shape index (κ3) is 6.14. The number of hydrogen-bond donors (Lipinski definition) is 2. The van der Waals surface area contributed by atoms with Gasteiger partial charge in [-0.1, -0.05) is 50.1 Å². The fourth-order valence-electron chi connectivity index (χ4n) is 4.70. The number of hydrogen-bond acceptors (Lipinski definition) is 5. The molecule has 0 aliphatic rings. The normalized spacial score (nSPS) is 12.1. The summed E-state index contributed by atoms with van der Waals surface area (Å²) in [6.07, 6.45) is 11.9. The van der Waals surface area contributed by atoms with Gasteiger partial charge in [-0.25, -0.2) is 4.98 Å². The van der Waals surface area contributed by atoms with Gasteiger partial charge >= 0.3 is 0 Å². The van der Waals surface area contributed by atoms with Gasteiger partial charge in [-0.2, -0.15) is 5.10 Å². The molecule has 5 rings (SSSR count). The lowest BCUT2D eigenvalue weighted by Crippen LogP contribution is -2.32. The fraction of sp³-hybridized carbons (Fsp3) is 0.300. The van der Waals surface area contributed by atoms with Gasteiger partial charge in [-0.05, 0) is 36.4 Å². The van der Waals surface area contributed by atoms with Gasteiger partial charge in [0, 0.05) is 47.8 Å². The lowest BCUT2D eigenvalue weighted by molar-refractivity contribution is -0.122. The predicted octanol–water partition coefficient (Wildman–Crippen LogP) is 5.76. The first-order valence-corrected chi connectivity index (χ1v) is 13.2. The Kier molecular flexibility index (Phi) is 7.87. The number of carbonyl (C=O) groups excluding carboxylic acids is 2. The number of imidazole rings is 1. The van der Waals surface area contributed by atoms with Crippen LogP contribution in [0.4, 0.5) is 0 Å². The van der Waals surface area contributed by atoms with Crippen LogP contribution in [0.1, 0.15) is 57.3 Å². The van der Waals surface area contributed by atoms with Crippen molar-refractivity contribution in [3.8, 4) is 11.3 Å². The molecule has 1 amide bonds. The number of Topliss-reactive ketones (excluding diaryl/α,β-unsaturated/α-hetero) is 1. The lowest BCUT2D eigenvalue weighted by Gasteiger charge is -2.17. The second kappa shape index (κ2) is 11.8. The first kappa shape index (κ1) is 25.3. The van der Waals surface area contributed by atoms with Crippen LogP contribution in [-0.2, 0) is 16.1 Å². The van der Waals surface area contributed by atoms with Crippen molar-refractivity contribution < 1.29 is 9.59 Å². The van der Waals surface area contributed by atoms with Crippen LogP contribution in [0.25, 0.3) is 32.9 Å². The van der Waals surface area contributed by atoms with Crippen molar-refractivity contribution in [2.24, 2.45) is 0 Å². The number of amides is 1. The Bertz CT molecular complexity index is 1520. The van der Waals surface area contributed by atoms with E-state index in [0.717, 1.165) is 64.4 Å². The second-order valence-electron chi connectivity index (χ2n) is 9.62. The Morgan fingerprint density at radius 3 is 2.76 bits per heavy atom. The van der Waals surface area contributed by atoms with Crippen LogP contribution in [0, 0.1) is 0 Å². The first-order chi connectivity index (χ1) is 18.6. The minimum atomic E-state index is -0.273. The highest BCUT2D eigenvalue weighted by Gasteiger charge is 2.19. The average Bonchev–Trinajstić information content (AvgIpc) is 3.59. The SMILES string of the molecule is CCC(=O)CCCCC[C@H](NC(=O)Cn1cc2ccccc2n1)c1ncc(-c2ccc3ccncc3c2)[nH]1. The summed E-state index contributed by atoms with van der Waals surface area (Å²) in [5.74, 6) is 0.885. The van der Waals surface area contributed by atoms with Crippen molar-refractivity contribution in [3.63, 3.8) is 0 Å². The molecule has 8 nitrogen and oxygen atoms in total. The Labute approximate surface area is 221 Å². The molecular formula is C30H32N6O2. The number of carbonyl (C=O) groups is 2. The average molecular weight is 509 g/mol. The summed E-state index contributed by atoms with van der Waals surface area (Å²) in [4.78, 5) is 37.0. The van der Waals surface area contributed by atoms with Crippen molar-refractivity contribution in [2.75, 3.05) is 0 Å². The van der Waals surface area contributed by atoms with E-state index in [1.54, 1.807) is 10.9 Å². The summed E-state index contributed by atoms with van der Waals surface area (Å²) >= 11 is 0. The number of ketones is 1. The van der Waals surface area contributed by atoms with Gasteiger partial charge < -0.3 is 10.3 Å². The van der Waals surface area contributed by atoms with Crippen LogP contribution in [0.5, 0.6) is 0 Å². The molecule has 2 aromatic carbocycles. The largest absolute Gasteiger partial charge is 0.345 e. The van der Waals surface area contributed by atoms with Gasteiger partial charge in [0.05, 0.1) is 23.4 Å². The van der Waals surface area contributed by atoms with Crippen LogP contribution in [0.15, 0.2) is 73.3 Å². The van der Waals surface area contributed by atoms with Crippen LogP contribution < -0.4 is 5.32 Å². The molecular weight excluding hydrogens is 476 g/mol. The van der Waals surface area contributed by atoms with E-state index in [9.17, 15) is 9.59 Å². The number of H-pyrrole nitrogens is 1. The molecule has 0 saturated heterocycles. The highest BCUT2D eigenvalue weighted by Crippen LogP contribution is 2.25. The van der Waals surface area contributed by atoms with Crippen molar-refractivity contribution in [3.05, 3.63) is 79.1 Å². The molecule has 5 aromatic rings. The quantitative estimate of drug-likeness (QED) is 0.208. The maximum atomic E-state index is 13.0. The monoisotopic (exact) mass is 508 g/mol. The van der Waals surface area contributed by atoms with Crippen LogP contribution >= 0.6 is 0 Å². The molecule has 38 heavy (non-hydrogen) atoms. The van der Waals surface area contributed by atoms with Gasteiger partial charge in [0.15, 0.2) is 0 Å². The maximum absolute atomic E-state index is 13.0. The van der Waals surface area contributed by atoms with E-state index in [1.165, 1.54) is 0 Å². The molecule has 2 N–H and O–H groups in total. The Balaban J connectivity index is 1.30. The standard InChI is InChI=1S/C30H32N6O2/c1-2-25(37)9-4-3-5-11-27(33-29(38)20-36-19-23-8-6-7-10-26(23)35-36)30-32-18-28(34-30)22-13-12-21-14-15-31-17-24(21)16-22/h6-8,10,12-19,27H,2-5,9,11,20H2,1H3,(H,32,34)(H,33,38)/t27-/m0/s1. The summed E-state index contributed by atoms with van der Waals surface area (Å²) in [6.45, 7) is 2.03. The van der Waals surface area contributed by atoms with Crippen LogP contribution in [-0.4, -0.2) is 36.4 Å². The Morgan fingerprint density at radius 2 is 1.89 bits per heavy atom. The fourth-order valence-corrected chi connectivity index (χ4v) is 4.70. The number of nitrogens with one attached hydrogen (secondary N) is 2. The first-order valence-electron chi connectivity index (χ1n) is 13.2. The van der Waals surface area contributed by atoms with Crippen molar-refractivity contribution in [1.82, 2.24) is 30.0 Å². The number of nitrogens with zero attached hydrogens (tertiary/aromatic N) is 4. The molecule has 0 aliphatic carbocycles. The van der Waals surface area contributed by atoms with Gasteiger partial charge in [0.1, 0.15) is 18.2 Å². The molecule has 0 aliphatic heterocycles. The molecule has 0 unspecified atom stereocenters. The molecule has 3 heterocycles. The summed E-state index contributed by atoms with van der Waals surface area (Å²) in [5, 5.41) is 10.8. The van der Waals surface area contributed by atoms with Gasteiger partial charge in [0.2, 0.25) is 5.91 Å². The number of aromatic nitrogens is 5. The maximum Gasteiger partial charge on any atom is 0.242 e. The number of pyridine rings is 1. The predicted molar refractivity (Wildman–Crippen MR) is 148 cm³/mol. The van der Waals surface area contributed by atoms with E-state index in [1.807, 2.05) is 55.8 Å². The van der Waals surface area contributed by atoms with Crippen LogP contribution in [0.3, 0.4) is 0 Å². The van der Waals surface area contributed by atoms with Gasteiger partial charge in [0.25, 0.3) is 0 Å². The molecule has 194 valence electrons. The third-order valence-electron chi connectivity index (χ3n) is 6.82. The highest BCUT2D eigenvalue weighted by molar-refractivity contribution is 5.86. The number of rotatable bonds is 12. The number of benzene rings is 2. The third-order valence-corrected chi connectivity index (χ3v) is 6.82. The second-order valence-corrected chi connectivity index (χ2v) is 9.62. The number of fused-ring (bicyclic) bond motifs is 2. The van der Waals surface area contributed by atoms with Crippen molar-refractivity contribution >= 4 is 33.4 Å². The van der Waals surface area contributed by atoms with E-state index < -0.39 is 0 Å². The van der Waals surface area contributed by atoms with Crippen molar-refractivity contribution in [1.29, 1.82) is 0 Å². The number of aromatic amines is 1. The summed E-state index contributed by atoms with van der Waals surface area (Å²) in [7, 11) is 0. The highest BCUT2D eigenvalue weighted by atomic mass is 16.2.